The molecule has 0 N–H and O–H groups in total. The lowest BCUT2D eigenvalue weighted by Crippen LogP contribution is -2.47. The Hall–Kier alpha value is -4.54. The third-order valence-electron chi connectivity index (χ3n) is 9.99. The van der Waals surface area contributed by atoms with Crippen LogP contribution in [-0.4, -0.2) is 53.6 Å². The van der Waals surface area contributed by atoms with Crippen molar-refractivity contribution in [3.63, 3.8) is 0 Å². The topological polar surface area (TPSA) is 74.8 Å². The van der Waals surface area contributed by atoms with Crippen LogP contribution in [-0.2, 0) is 0 Å². The molecule has 6 nitrogen and oxygen atoms in total. The second kappa shape index (κ2) is 10.5. The number of fused-ring (bicyclic) bond motifs is 2. The molecule has 0 fully saturated rings. The predicted molar refractivity (Wildman–Crippen MR) is 188 cm³/mol. The van der Waals surface area contributed by atoms with Crippen molar-refractivity contribution < 1.29 is 19.2 Å². The molecule has 4 amide bonds. The van der Waals surface area contributed by atoms with Gasteiger partial charge in [0.15, 0.2) is 0 Å². The molecular weight excluding hydrogens is 589 g/mol. The average Bonchev–Trinajstić information content (AvgIpc) is 3.04. The first-order valence-electron chi connectivity index (χ1n) is 16.5. The van der Waals surface area contributed by atoms with E-state index in [1.165, 1.54) is 9.80 Å². The quantitative estimate of drug-likeness (QED) is 0.0623. The largest absolute Gasteiger partial charge is 0.271 e. The molecular formula is C39H38N2O4Si. The Bertz CT molecular complexity index is 2220. The molecule has 5 aromatic carbocycles. The lowest BCUT2D eigenvalue weighted by Gasteiger charge is -2.35. The molecule has 0 atom stereocenters. The molecule has 0 unspecified atom stereocenters. The Kier molecular flexibility index (Phi) is 6.88. The van der Waals surface area contributed by atoms with Crippen molar-refractivity contribution in [2.75, 3.05) is 0 Å². The molecule has 2 heterocycles. The van der Waals surface area contributed by atoms with E-state index in [0.717, 1.165) is 32.3 Å². The van der Waals surface area contributed by atoms with Crippen LogP contribution < -0.4 is 0 Å². The summed E-state index contributed by atoms with van der Waals surface area (Å²) in [7, 11) is -1.84. The first-order valence-corrected chi connectivity index (χ1v) is 20.0. The van der Waals surface area contributed by atoms with Gasteiger partial charge < -0.3 is 0 Å². The molecule has 7 rings (SSSR count). The van der Waals surface area contributed by atoms with Gasteiger partial charge in [-0.05, 0) is 82.3 Å². The molecule has 0 bridgehead atoms. The second-order valence-electron chi connectivity index (χ2n) is 13.7. The number of hydrogen-bond donors (Lipinski definition) is 0. The second-order valence-corrected chi connectivity index (χ2v) is 18.5. The molecule has 0 radical (unpaired) electrons. The van der Waals surface area contributed by atoms with E-state index in [2.05, 4.69) is 31.1 Å². The van der Waals surface area contributed by atoms with Crippen LogP contribution in [0.25, 0.3) is 43.1 Å². The van der Waals surface area contributed by atoms with Crippen LogP contribution in [0.4, 0.5) is 0 Å². The van der Waals surface area contributed by atoms with Crippen LogP contribution in [0.1, 0.15) is 100 Å². The molecule has 0 spiro atoms. The highest BCUT2D eigenvalue weighted by Crippen LogP contribution is 2.47. The number of rotatable bonds is 6. The van der Waals surface area contributed by atoms with Crippen molar-refractivity contribution in [1.29, 1.82) is 0 Å². The van der Waals surface area contributed by atoms with Gasteiger partial charge in [0.2, 0.25) is 0 Å². The van der Waals surface area contributed by atoms with E-state index in [-0.39, 0.29) is 35.7 Å². The van der Waals surface area contributed by atoms with E-state index >= 15 is 0 Å². The monoisotopic (exact) mass is 626 g/mol. The fourth-order valence-corrected chi connectivity index (χ4v) is 8.23. The Morgan fingerprint density at radius 1 is 0.565 bits per heavy atom. The number of carbonyl (C=O) groups excluding carboxylic acids is 4. The smallest absolute Gasteiger partial charge is 0.262 e. The summed E-state index contributed by atoms with van der Waals surface area (Å²) in [5, 5.41) is 6.54. The maximum atomic E-state index is 14.4. The van der Waals surface area contributed by atoms with Gasteiger partial charge in [0.05, 0.1) is 5.56 Å². The Balaban J connectivity index is 1.63. The SMILES string of the molecule is CCC(CC)N1C(=O)c2ccc3c4ccc5c6c(c(C#C[Si](C)(C)C)cc(c7ccc(c2c37)C1=O)c64)C(=O)N(C(CC)CC)C5=O. The summed E-state index contributed by atoms with van der Waals surface area (Å²) in [5.41, 5.74) is 6.15. The van der Waals surface area contributed by atoms with Crippen LogP contribution in [0.5, 0.6) is 0 Å². The molecule has 0 saturated carbocycles. The van der Waals surface area contributed by atoms with Crippen LogP contribution in [0.2, 0.25) is 19.6 Å². The third kappa shape index (κ3) is 4.02. The van der Waals surface area contributed by atoms with E-state index in [4.69, 9.17) is 0 Å². The van der Waals surface area contributed by atoms with Gasteiger partial charge in [0.1, 0.15) is 8.07 Å². The predicted octanol–water partition coefficient (Wildman–Crippen LogP) is 8.54. The lowest BCUT2D eigenvalue weighted by atomic mass is 9.80. The summed E-state index contributed by atoms with van der Waals surface area (Å²) in [6, 6.07) is 13.0. The summed E-state index contributed by atoms with van der Waals surface area (Å²) in [6.45, 7) is 14.5. The van der Waals surface area contributed by atoms with E-state index in [1.807, 2.05) is 70.2 Å². The van der Waals surface area contributed by atoms with Gasteiger partial charge in [-0.25, -0.2) is 0 Å². The fraction of sp³-hybridized carbons (Fsp3) is 0.333. The van der Waals surface area contributed by atoms with Crippen LogP contribution >= 0.6 is 0 Å². The minimum atomic E-state index is -1.84. The Labute approximate surface area is 270 Å². The molecule has 232 valence electrons. The molecule has 0 aromatic heterocycles. The Morgan fingerprint density at radius 3 is 1.43 bits per heavy atom. The average molecular weight is 627 g/mol. The van der Waals surface area contributed by atoms with Crippen molar-refractivity contribution in [3.8, 4) is 11.5 Å². The number of imide groups is 2. The normalized spacial score (nSPS) is 15.1. The van der Waals surface area contributed by atoms with Gasteiger partial charge >= 0.3 is 0 Å². The van der Waals surface area contributed by atoms with Crippen molar-refractivity contribution in [3.05, 3.63) is 70.3 Å². The molecule has 5 aromatic rings. The van der Waals surface area contributed by atoms with Crippen LogP contribution in [0, 0.1) is 11.5 Å². The molecule has 2 aliphatic heterocycles. The number of hydrogen-bond acceptors (Lipinski definition) is 4. The first-order chi connectivity index (χ1) is 22.0. The number of amides is 4. The standard InChI is InChI=1S/C39H38N2O4Si/c1-8-22(9-2)40-36(42)27-15-12-24-25-13-17-29-35-31(39(45)41(38(29)44)23(10-3)11-4)21(18-19-46(5,6)7)20-30(33(25)35)26-14-16-28(37(40)43)34(27)32(24)26/h12-17,20,22-23H,8-11H2,1-7H3. The minimum Gasteiger partial charge on any atom is -0.271 e. The van der Waals surface area contributed by atoms with E-state index in [9.17, 15) is 19.2 Å². The molecule has 0 aliphatic carbocycles. The fourth-order valence-electron chi connectivity index (χ4n) is 7.72. The highest BCUT2D eigenvalue weighted by atomic mass is 28.3. The lowest BCUT2D eigenvalue weighted by molar-refractivity contribution is 0.0514. The summed E-state index contributed by atoms with van der Waals surface area (Å²) in [4.78, 5) is 59.2. The zero-order valence-corrected chi connectivity index (χ0v) is 28.6. The summed E-state index contributed by atoms with van der Waals surface area (Å²) < 4.78 is 0. The molecule has 46 heavy (non-hydrogen) atoms. The van der Waals surface area contributed by atoms with Gasteiger partial charge in [-0.2, -0.15) is 0 Å². The zero-order valence-electron chi connectivity index (χ0n) is 27.6. The number of benzene rings is 5. The van der Waals surface area contributed by atoms with Crippen molar-refractivity contribution in [1.82, 2.24) is 9.80 Å². The van der Waals surface area contributed by atoms with Gasteiger partial charge in [0.25, 0.3) is 23.6 Å². The van der Waals surface area contributed by atoms with E-state index in [1.54, 1.807) is 0 Å². The van der Waals surface area contributed by atoms with Gasteiger partial charge in [-0.15, -0.1) is 5.54 Å². The summed E-state index contributed by atoms with van der Waals surface area (Å²) in [5.74, 6) is 2.32. The van der Waals surface area contributed by atoms with Crippen molar-refractivity contribution in [2.45, 2.75) is 85.1 Å². The number of carbonyl (C=O) groups is 4. The van der Waals surface area contributed by atoms with Gasteiger partial charge in [-0.3, -0.25) is 29.0 Å². The summed E-state index contributed by atoms with van der Waals surface area (Å²) in [6.07, 6.45) is 2.72. The minimum absolute atomic E-state index is 0.172. The van der Waals surface area contributed by atoms with E-state index in [0.29, 0.717) is 64.3 Å². The molecule has 0 saturated heterocycles. The highest BCUT2D eigenvalue weighted by molar-refractivity contribution is 6.83. The summed E-state index contributed by atoms with van der Waals surface area (Å²) >= 11 is 0. The van der Waals surface area contributed by atoms with Crippen LogP contribution in [0.3, 0.4) is 0 Å². The molecule has 7 heteroatoms. The third-order valence-corrected chi connectivity index (χ3v) is 10.9. The van der Waals surface area contributed by atoms with Gasteiger partial charge in [-0.1, -0.05) is 71.5 Å². The Morgan fingerprint density at radius 2 is 0.978 bits per heavy atom. The van der Waals surface area contributed by atoms with Crippen LogP contribution in [0.15, 0.2) is 42.5 Å². The van der Waals surface area contributed by atoms with Gasteiger partial charge in [0, 0.05) is 45.1 Å². The first kappa shape index (κ1) is 30.1. The maximum Gasteiger partial charge on any atom is 0.262 e. The van der Waals surface area contributed by atoms with Crippen molar-refractivity contribution >= 4 is 74.8 Å². The van der Waals surface area contributed by atoms with E-state index < -0.39 is 8.07 Å². The molecule has 2 aliphatic rings. The zero-order chi connectivity index (χ0) is 32.8. The number of nitrogens with zero attached hydrogens (tertiary/aromatic N) is 2. The maximum absolute atomic E-state index is 14.4. The highest BCUT2D eigenvalue weighted by Gasteiger charge is 2.40. The van der Waals surface area contributed by atoms with Crippen molar-refractivity contribution in [2.24, 2.45) is 0 Å².